The molecule has 0 heterocycles. The number of ether oxygens (including phenoxy) is 1. The minimum Gasteiger partial charge on any atom is -0.484 e. The van der Waals surface area contributed by atoms with Crippen LogP contribution in [0.3, 0.4) is 0 Å². The van der Waals surface area contributed by atoms with Crippen LogP contribution in [0.15, 0.2) is 47.6 Å². The van der Waals surface area contributed by atoms with Crippen LogP contribution < -0.4 is 20.8 Å². The van der Waals surface area contributed by atoms with Crippen LogP contribution in [0.1, 0.15) is 23.6 Å². The van der Waals surface area contributed by atoms with E-state index >= 15 is 0 Å². The standard InChI is InChI=1S/C21H24N4O4/c1-4-22-20(27)21(28)25-23-12-16-7-9-17(10-8-16)29-13-19(26)24-18-11-14(2)5-6-15(18)3/h5-12H,4,13H2,1-3H3,(H,22,27)(H,24,26)(H,25,28)/b23-12-. The molecule has 2 aromatic carbocycles. The van der Waals surface area contributed by atoms with Crippen molar-refractivity contribution >= 4 is 29.6 Å². The Morgan fingerprint density at radius 1 is 1.03 bits per heavy atom. The number of carbonyl (C=O) groups excluding carboxylic acids is 3. The third-order valence-corrected chi connectivity index (χ3v) is 3.84. The summed E-state index contributed by atoms with van der Waals surface area (Å²) in [4.78, 5) is 34.8. The molecule has 0 aliphatic rings. The van der Waals surface area contributed by atoms with E-state index in [0.717, 1.165) is 16.8 Å². The first kappa shape index (κ1) is 21.6. The predicted octanol–water partition coefficient (Wildman–Crippen LogP) is 1.91. The predicted molar refractivity (Wildman–Crippen MR) is 111 cm³/mol. The second-order valence-electron chi connectivity index (χ2n) is 6.28. The van der Waals surface area contributed by atoms with Gasteiger partial charge in [0.05, 0.1) is 6.21 Å². The lowest BCUT2D eigenvalue weighted by atomic mass is 10.1. The summed E-state index contributed by atoms with van der Waals surface area (Å²) in [6.07, 6.45) is 1.40. The highest BCUT2D eigenvalue weighted by Crippen LogP contribution is 2.16. The van der Waals surface area contributed by atoms with Crippen LogP contribution >= 0.6 is 0 Å². The Morgan fingerprint density at radius 3 is 2.45 bits per heavy atom. The number of nitrogens with one attached hydrogen (secondary N) is 3. The average molecular weight is 396 g/mol. The van der Waals surface area contributed by atoms with Crippen LogP contribution in [0.5, 0.6) is 5.75 Å². The molecule has 8 nitrogen and oxygen atoms in total. The van der Waals surface area contributed by atoms with Gasteiger partial charge in [-0.3, -0.25) is 14.4 Å². The van der Waals surface area contributed by atoms with Gasteiger partial charge in [0.1, 0.15) is 5.75 Å². The van der Waals surface area contributed by atoms with E-state index in [9.17, 15) is 14.4 Å². The van der Waals surface area contributed by atoms with Gasteiger partial charge in [0, 0.05) is 12.2 Å². The van der Waals surface area contributed by atoms with E-state index in [4.69, 9.17) is 4.74 Å². The van der Waals surface area contributed by atoms with Gasteiger partial charge >= 0.3 is 11.8 Å². The lowest BCUT2D eigenvalue weighted by molar-refractivity contribution is -0.139. The van der Waals surface area contributed by atoms with E-state index in [1.165, 1.54) is 6.21 Å². The lowest BCUT2D eigenvalue weighted by Crippen LogP contribution is -2.37. The summed E-state index contributed by atoms with van der Waals surface area (Å²) in [5, 5.41) is 8.92. The van der Waals surface area contributed by atoms with E-state index in [0.29, 0.717) is 17.9 Å². The zero-order valence-corrected chi connectivity index (χ0v) is 16.6. The number of hydrogen-bond donors (Lipinski definition) is 3. The molecule has 0 aliphatic carbocycles. The minimum absolute atomic E-state index is 0.122. The second kappa shape index (κ2) is 10.6. The van der Waals surface area contributed by atoms with Gasteiger partial charge in [0.15, 0.2) is 6.61 Å². The largest absolute Gasteiger partial charge is 0.484 e. The lowest BCUT2D eigenvalue weighted by Gasteiger charge is -2.10. The van der Waals surface area contributed by atoms with Crippen molar-refractivity contribution in [3.8, 4) is 5.75 Å². The van der Waals surface area contributed by atoms with Crippen LogP contribution in [0.25, 0.3) is 0 Å². The molecule has 0 saturated carbocycles. The topological polar surface area (TPSA) is 109 Å². The van der Waals surface area contributed by atoms with Crippen molar-refractivity contribution in [3.63, 3.8) is 0 Å². The smallest absolute Gasteiger partial charge is 0.329 e. The number of hydrazone groups is 1. The number of hydrogen-bond acceptors (Lipinski definition) is 5. The summed E-state index contributed by atoms with van der Waals surface area (Å²) >= 11 is 0. The molecular formula is C21H24N4O4. The fourth-order valence-electron chi connectivity index (χ4n) is 2.31. The first-order valence-corrected chi connectivity index (χ1v) is 9.10. The number of likely N-dealkylation sites (N-methyl/N-ethyl adjacent to an activating group) is 1. The highest BCUT2D eigenvalue weighted by molar-refractivity contribution is 6.35. The summed E-state index contributed by atoms with van der Waals surface area (Å²) < 4.78 is 5.49. The van der Waals surface area contributed by atoms with E-state index in [1.54, 1.807) is 31.2 Å². The molecule has 0 saturated heterocycles. The minimum atomic E-state index is -0.835. The Bertz CT molecular complexity index is 907. The number of anilines is 1. The zero-order chi connectivity index (χ0) is 21.2. The van der Waals surface area contributed by atoms with E-state index in [-0.39, 0.29) is 12.5 Å². The first-order valence-electron chi connectivity index (χ1n) is 9.10. The van der Waals surface area contributed by atoms with Crippen LogP contribution in [-0.2, 0) is 14.4 Å². The van der Waals surface area contributed by atoms with Gasteiger partial charge in [-0.05, 0) is 67.8 Å². The molecule has 3 amide bonds. The van der Waals surface area contributed by atoms with Crippen molar-refractivity contribution in [3.05, 3.63) is 59.2 Å². The Hall–Kier alpha value is -3.68. The fraction of sp³-hybridized carbons (Fsp3) is 0.238. The summed E-state index contributed by atoms with van der Waals surface area (Å²) in [6.45, 7) is 5.84. The van der Waals surface area contributed by atoms with Crippen molar-refractivity contribution in [1.82, 2.24) is 10.7 Å². The maximum atomic E-state index is 12.1. The molecule has 0 radical (unpaired) electrons. The molecule has 8 heteroatoms. The Kier molecular flexibility index (Phi) is 7.90. The maximum absolute atomic E-state index is 12.1. The van der Waals surface area contributed by atoms with E-state index in [2.05, 4.69) is 21.2 Å². The summed E-state index contributed by atoms with van der Waals surface area (Å²) in [6, 6.07) is 12.6. The number of rotatable bonds is 7. The third-order valence-electron chi connectivity index (χ3n) is 3.84. The van der Waals surface area contributed by atoms with Gasteiger partial charge in [-0.1, -0.05) is 12.1 Å². The molecule has 152 valence electrons. The molecule has 2 rings (SSSR count). The Labute approximate surface area is 169 Å². The van der Waals surface area contributed by atoms with Crippen molar-refractivity contribution in [2.24, 2.45) is 5.10 Å². The third kappa shape index (κ3) is 7.10. The number of carbonyl (C=O) groups is 3. The maximum Gasteiger partial charge on any atom is 0.329 e. The van der Waals surface area contributed by atoms with E-state index in [1.807, 2.05) is 32.0 Å². The summed E-state index contributed by atoms with van der Waals surface area (Å²) in [7, 11) is 0. The molecule has 29 heavy (non-hydrogen) atoms. The van der Waals surface area contributed by atoms with Gasteiger partial charge < -0.3 is 15.4 Å². The molecule has 2 aromatic rings. The molecule has 0 aromatic heterocycles. The normalized spacial score (nSPS) is 10.4. The number of benzene rings is 2. The average Bonchev–Trinajstić information content (AvgIpc) is 2.70. The monoisotopic (exact) mass is 396 g/mol. The Balaban J connectivity index is 1.82. The van der Waals surface area contributed by atoms with Crippen LogP contribution in [0.4, 0.5) is 5.69 Å². The second-order valence-corrected chi connectivity index (χ2v) is 6.28. The highest BCUT2D eigenvalue weighted by atomic mass is 16.5. The van der Waals surface area contributed by atoms with Crippen LogP contribution in [-0.4, -0.2) is 37.1 Å². The summed E-state index contributed by atoms with van der Waals surface area (Å²) in [5.74, 6) is -1.31. The van der Waals surface area contributed by atoms with Gasteiger partial charge in [0.25, 0.3) is 5.91 Å². The molecule has 0 fully saturated rings. The number of amides is 3. The molecule has 0 aliphatic heterocycles. The van der Waals surface area contributed by atoms with Crippen molar-refractivity contribution in [2.45, 2.75) is 20.8 Å². The van der Waals surface area contributed by atoms with Crippen molar-refractivity contribution in [1.29, 1.82) is 0 Å². The molecule has 0 spiro atoms. The Morgan fingerprint density at radius 2 is 1.76 bits per heavy atom. The summed E-state index contributed by atoms with van der Waals surface area (Å²) in [5.41, 5.74) is 5.63. The molecule has 0 bridgehead atoms. The molecule has 3 N–H and O–H groups in total. The fourth-order valence-corrected chi connectivity index (χ4v) is 2.31. The molecule has 0 atom stereocenters. The highest BCUT2D eigenvalue weighted by Gasteiger charge is 2.10. The van der Waals surface area contributed by atoms with Crippen molar-refractivity contribution < 1.29 is 19.1 Å². The van der Waals surface area contributed by atoms with Crippen LogP contribution in [0, 0.1) is 13.8 Å². The SMILES string of the molecule is CCNC(=O)C(=O)N/N=C\c1ccc(OCC(=O)Nc2cc(C)ccc2C)cc1. The van der Waals surface area contributed by atoms with Gasteiger partial charge in [-0.2, -0.15) is 5.10 Å². The van der Waals surface area contributed by atoms with Gasteiger partial charge in [-0.25, -0.2) is 5.43 Å². The zero-order valence-electron chi connectivity index (χ0n) is 16.6. The number of nitrogens with zero attached hydrogens (tertiary/aromatic N) is 1. The van der Waals surface area contributed by atoms with Crippen molar-refractivity contribution in [2.75, 3.05) is 18.5 Å². The van der Waals surface area contributed by atoms with E-state index < -0.39 is 11.8 Å². The molecule has 0 unspecified atom stereocenters. The van der Waals surface area contributed by atoms with Gasteiger partial charge in [-0.15, -0.1) is 0 Å². The number of aryl methyl sites for hydroxylation is 2. The quantitative estimate of drug-likeness (QED) is 0.377. The van der Waals surface area contributed by atoms with Gasteiger partial charge in [0.2, 0.25) is 0 Å². The first-order chi connectivity index (χ1) is 13.9. The van der Waals surface area contributed by atoms with Crippen LogP contribution in [0.2, 0.25) is 0 Å². The molecular weight excluding hydrogens is 372 g/mol.